The molecule has 0 radical (unpaired) electrons. The molecule has 1 aromatic heterocycles. The summed E-state index contributed by atoms with van der Waals surface area (Å²) in [7, 11) is 0. The first-order chi connectivity index (χ1) is 10.2. The molecule has 1 N–H and O–H groups in total. The molecule has 2 aromatic rings. The number of benzene rings is 1. The second kappa shape index (κ2) is 5.96. The zero-order chi connectivity index (χ0) is 14.7. The van der Waals surface area contributed by atoms with Gasteiger partial charge in [-0.05, 0) is 36.5 Å². The lowest BCUT2D eigenvalue weighted by Gasteiger charge is -2.38. The standard InChI is InChI=1S/C18H22N2O/c1-15-11-16(13-19-12-15)14-20-9-7-18(21,8-10-20)17-5-3-2-4-6-17/h2-6,11-13,21H,7-10,14H2,1H3. The third kappa shape index (κ3) is 3.31. The smallest absolute Gasteiger partial charge is 0.0920 e. The van der Waals surface area contributed by atoms with Crippen molar-refractivity contribution in [1.29, 1.82) is 0 Å². The molecule has 1 fully saturated rings. The van der Waals surface area contributed by atoms with Gasteiger partial charge in [-0.3, -0.25) is 9.88 Å². The highest BCUT2D eigenvalue weighted by Crippen LogP contribution is 2.32. The van der Waals surface area contributed by atoms with Crippen LogP contribution in [0.2, 0.25) is 0 Å². The number of aliphatic hydroxyl groups is 1. The van der Waals surface area contributed by atoms with Gasteiger partial charge in [0.25, 0.3) is 0 Å². The Kier molecular flexibility index (Phi) is 4.04. The van der Waals surface area contributed by atoms with Gasteiger partial charge in [-0.2, -0.15) is 0 Å². The molecule has 1 aromatic carbocycles. The molecule has 0 amide bonds. The summed E-state index contributed by atoms with van der Waals surface area (Å²) in [5.74, 6) is 0. The van der Waals surface area contributed by atoms with Crippen molar-refractivity contribution in [3.8, 4) is 0 Å². The molecule has 1 aliphatic rings. The van der Waals surface area contributed by atoms with Crippen molar-refractivity contribution in [2.75, 3.05) is 13.1 Å². The lowest BCUT2D eigenvalue weighted by molar-refractivity contribution is -0.0277. The number of rotatable bonds is 3. The molecule has 1 saturated heterocycles. The van der Waals surface area contributed by atoms with E-state index in [1.807, 2.05) is 42.7 Å². The third-order valence-electron chi connectivity index (χ3n) is 4.33. The van der Waals surface area contributed by atoms with E-state index in [1.165, 1.54) is 11.1 Å². The molecule has 0 bridgehead atoms. The van der Waals surface area contributed by atoms with Crippen LogP contribution in [-0.4, -0.2) is 28.1 Å². The normalized spacial score (nSPS) is 18.6. The quantitative estimate of drug-likeness (QED) is 0.940. The van der Waals surface area contributed by atoms with Gasteiger partial charge >= 0.3 is 0 Å². The monoisotopic (exact) mass is 282 g/mol. The molecule has 2 heterocycles. The Labute approximate surface area is 126 Å². The SMILES string of the molecule is Cc1cncc(CN2CCC(O)(c3ccccc3)CC2)c1. The number of nitrogens with zero attached hydrogens (tertiary/aromatic N) is 2. The molecule has 3 heteroatoms. The topological polar surface area (TPSA) is 36.4 Å². The van der Waals surface area contributed by atoms with Crippen LogP contribution in [0.3, 0.4) is 0 Å². The molecular formula is C18H22N2O. The van der Waals surface area contributed by atoms with Gasteiger partial charge < -0.3 is 5.11 Å². The maximum absolute atomic E-state index is 10.8. The Morgan fingerprint density at radius 2 is 1.86 bits per heavy atom. The highest BCUT2D eigenvalue weighted by Gasteiger charge is 2.33. The van der Waals surface area contributed by atoms with E-state index in [0.717, 1.165) is 38.0 Å². The van der Waals surface area contributed by atoms with E-state index in [9.17, 15) is 5.11 Å². The molecular weight excluding hydrogens is 260 g/mol. The molecule has 0 unspecified atom stereocenters. The Morgan fingerprint density at radius 1 is 1.14 bits per heavy atom. The van der Waals surface area contributed by atoms with Crippen molar-refractivity contribution in [2.45, 2.75) is 31.9 Å². The predicted molar refractivity (Wildman–Crippen MR) is 83.8 cm³/mol. The third-order valence-corrected chi connectivity index (χ3v) is 4.33. The highest BCUT2D eigenvalue weighted by atomic mass is 16.3. The largest absolute Gasteiger partial charge is 0.385 e. The molecule has 0 atom stereocenters. The van der Waals surface area contributed by atoms with E-state index in [4.69, 9.17) is 0 Å². The number of hydrogen-bond acceptors (Lipinski definition) is 3. The Balaban J connectivity index is 1.63. The summed E-state index contributed by atoms with van der Waals surface area (Å²) in [6.45, 7) is 4.82. The number of likely N-dealkylation sites (tertiary alicyclic amines) is 1. The van der Waals surface area contributed by atoms with Gasteiger partial charge in [0.05, 0.1) is 5.60 Å². The van der Waals surface area contributed by atoms with Crippen LogP contribution in [0.15, 0.2) is 48.8 Å². The fourth-order valence-corrected chi connectivity index (χ4v) is 3.08. The van der Waals surface area contributed by atoms with Crippen molar-refractivity contribution in [3.63, 3.8) is 0 Å². The van der Waals surface area contributed by atoms with Crippen LogP contribution in [0.5, 0.6) is 0 Å². The Bertz CT molecular complexity index is 589. The van der Waals surface area contributed by atoms with Crippen LogP contribution in [0.25, 0.3) is 0 Å². The van der Waals surface area contributed by atoms with E-state index >= 15 is 0 Å². The van der Waals surface area contributed by atoms with E-state index < -0.39 is 5.60 Å². The van der Waals surface area contributed by atoms with Crippen LogP contribution in [0.1, 0.15) is 29.5 Å². The zero-order valence-electron chi connectivity index (χ0n) is 12.5. The molecule has 0 spiro atoms. The van der Waals surface area contributed by atoms with E-state index in [1.54, 1.807) is 0 Å². The van der Waals surface area contributed by atoms with E-state index in [0.29, 0.717) is 0 Å². The summed E-state index contributed by atoms with van der Waals surface area (Å²) in [5.41, 5.74) is 2.83. The molecule has 0 aliphatic carbocycles. The lowest BCUT2D eigenvalue weighted by Crippen LogP contribution is -2.42. The van der Waals surface area contributed by atoms with Gasteiger partial charge in [-0.25, -0.2) is 0 Å². The van der Waals surface area contributed by atoms with Gasteiger partial charge in [-0.1, -0.05) is 36.4 Å². The van der Waals surface area contributed by atoms with Crippen LogP contribution < -0.4 is 0 Å². The number of piperidine rings is 1. The van der Waals surface area contributed by atoms with Crippen molar-refractivity contribution in [1.82, 2.24) is 9.88 Å². The zero-order valence-corrected chi connectivity index (χ0v) is 12.5. The van der Waals surface area contributed by atoms with Crippen molar-refractivity contribution >= 4 is 0 Å². The van der Waals surface area contributed by atoms with E-state index in [-0.39, 0.29) is 0 Å². The number of aromatic nitrogens is 1. The van der Waals surface area contributed by atoms with Gasteiger partial charge in [0, 0.05) is 32.0 Å². The summed E-state index contributed by atoms with van der Waals surface area (Å²) >= 11 is 0. The average Bonchev–Trinajstić information content (AvgIpc) is 2.51. The lowest BCUT2D eigenvalue weighted by atomic mass is 9.84. The molecule has 3 rings (SSSR count). The second-order valence-electron chi connectivity index (χ2n) is 6.04. The summed E-state index contributed by atoms with van der Waals surface area (Å²) < 4.78 is 0. The first kappa shape index (κ1) is 14.2. The summed E-state index contributed by atoms with van der Waals surface area (Å²) in [4.78, 5) is 6.65. The summed E-state index contributed by atoms with van der Waals surface area (Å²) in [5, 5.41) is 10.8. The first-order valence-corrected chi connectivity index (χ1v) is 7.56. The summed E-state index contributed by atoms with van der Waals surface area (Å²) in [6.07, 6.45) is 5.39. The summed E-state index contributed by atoms with van der Waals surface area (Å²) in [6, 6.07) is 12.2. The van der Waals surface area contributed by atoms with Gasteiger partial charge in [0.15, 0.2) is 0 Å². The van der Waals surface area contributed by atoms with Crippen molar-refractivity contribution in [2.24, 2.45) is 0 Å². The first-order valence-electron chi connectivity index (χ1n) is 7.56. The number of pyridine rings is 1. The maximum atomic E-state index is 10.8. The molecule has 110 valence electrons. The van der Waals surface area contributed by atoms with Crippen molar-refractivity contribution in [3.05, 3.63) is 65.5 Å². The second-order valence-corrected chi connectivity index (χ2v) is 6.04. The Morgan fingerprint density at radius 3 is 2.52 bits per heavy atom. The number of aryl methyl sites for hydroxylation is 1. The molecule has 0 saturated carbocycles. The number of hydrogen-bond donors (Lipinski definition) is 1. The minimum atomic E-state index is -0.664. The molecule has 1 aliphatic heterocycles. The van der Waals surface area contributed by atoms with Crippen LogP contribution in [-0.2, 0) is 12.1 Å². The maximum Gasteiger partial charge on any atom is 0.0920 e. The average molecular weight is 282 g/mol. The fourth-order valence-electron chi connectivity index (χ4n) is 3.08. The highest BCUT2D eigenvalue weighted by molar-refractivity contribution is 5.23. The predicted octanol–water partition coefficient (Wildman–Crippen LogP) is 2.87. The Hall–Kier alpha value is -1.71. The van der Waals surface area contributed by atoms with Gasteiger partial charge in [-0.15, -0.1) is 0 Å². The molecule has 3 nitrogen and oxygen atoms in total. The molecule has 21 heavy (non-hydrogen) atoms. The van der Waals surface area contributed by atoms with Crippen molar-refractivity contribution < 1.29 is 5.11 Å². The fraction of sp³-hybridized carbons (Fsp3) is 0.389. The van der Waals surface area contributed by atoms with Crippen LogP contribution >= 0.6 is 0 Å². The van der Waals surface area contributed by atoms with Gasteiger partial charge in [0.1, 0.15) is 0 Å². The van der Waals surface area contributed by atoms with Crippen LogP contribution in [0, 0.1) is 6.92 Å². The minimum absolute atomic E-state index is 0.664. The van der Waals surface area contributed by atoms with E-state index in [2.05, 4.69) is 22.9 Å². The minimum Gasteiger partial charge on any atom is -0.385 e. The van der Waals surface area contributed by atoms with Gasteiger partial charge in [0.2, 0.25) is 0 Å². The van der Waals surface area contributed by atoms with Crippen LogP contribution in [0.4, 0.5) is 0 Å².